The molecule has 0 aliphatic rings. The van der Waals surface area contributed by atoms with Gasteiger partial charge in [-0.3, -0.25) is 4.79 Å². The number of rotatable bonds is 5. The van der Waals surface area contributed by atoms with Gasteiger partial charge in [0, 0.05) is 19.2 Å². The molecule has 0 heterocycles. The Kier molecular flexibility index (Phi) is 4.73. The Morgan fingerprint density at radius 1 is 1.39 bits per heavy atom. The lowest BCUT2D eigenvalue weighted by Crippen LogP contribution is -2.51. The first kappa shape index (κ1) is 14.5. The van der Waals surface area contributed by atoms with E-state index in [2.05, 4.69) is 5.32 Å². The van der Waals surface area contributed by atoms with Gasteiger partial charge in [-0.25, -0.2) is 0 Å². The molecule has 0 saturated carbocycles. The second kappa shape index (κ2) is 5.87. The number of nitrogens with zero attached hydrogens (tertiary/aromatic N) is 1. The maximum Gasteiger partial charge on any atom is 0.242 e. The standard InChI is InChI=1S/C14H22N2O2/c1-14(2,15-3)13(17)16(4)10-11-8-6-7-9-12(11)18-5/h6-9,15H,10H2,1-5H3. The van der Waals surface area contributed by atoms with Crippen LogP contribution in [0.15, 0.2) is 24.3 Å². The van der Waals surface area contributed by atoms with Crippen LogP contribution in [-0.4, -0.2) is 37.6 Å². The zero-order chi connectivity index (χ0) is 13.8. The third-order valence-corrected chi connectivity index (χ3v) is 3.11. The molecule has 0 aromatic heterocycles. The van der Waals surface area contributed by atoms with Gasteiger partial charge in [-0.1, -0.05) is 18.2 Å². The molecule has 0 saturated heterocycles. The topological polar surface area (TPSA) is 41.6 Å². The van der Waals surface area contributed by atoms with Crippen molar-refractivity contribution >= 4 is 5.91 Å². The van der Waals surface area contributed by atoms with Gasteiger partial charge >= 0.3 is 0 Å². The van der Waals surface area contributed by atoms with Crippen molar-refractivity contribution in [2.45, 2.75) is 25.9 Å². The zero-order valence-electron chi connectivity index (χ0n) is 11.8. The van der Waals surface area contributed by atoms with Crippen molar-refractivity contribution in [3.05, 3.63) is 29.8 Å². The smallest absolute Gasteiger partial charge is 0.242 e. The maximum atomic E-state index is 12.2. The van der Waals surface area contributed by atoms with Crippen LogP contribution >= 0.6 is 0 Å². The van der Waals surface area contributed by atoms with Crippen molar-refractivity contribution in [2.75, 3.05) is 21.2 Å². The van der Waals surface area contributed by atoms with Crippen LogP contribution in [-0.2, 0) is 11.3 Å². The summed E-state index contributed by atoms with van der Waals surface area (Å²) >= 11 is 0. The SMILES string of the molecule is CNC(C)(C)C(=O)N(C)Cc1ccccc1OC. The summed E-state index contributed by atoms with van der Waals surface area (Å²) in [6.07, 6.45) is 0. The summed E-state index contributed by atoms with van der Waals surface area (Å²) < 4.78 is 5.28. The average Bonchev–Trinajstić information content (AvgIpc) is 2.38. The fourth-order valence-electron chi connectivity index (χ4n) is 1.74. The highest BCUT2D eigenvalue weighted by atomic mass is 16.5. The van der Waals surface area contributed by atoms with Crippen LogP contribution in [0.1, 0.15) is 19.4 Å². The van der Waals surface area contributed by atoms with E-state index in [0.29, 0.717) is 6.54 Å². The molecular formula is C14H22N2O2. The molecule has 1 aromatic rings. The predicted octanol–water partition coefficient (Wildman–Crippen LogP) is 1.65. The van der Waals surface area contributed by atoms with Gasteiger partial charge in [0.25, 0.3) is 0 Å². The van der Waals surface area contributed by atoms with Crippen molar-refractivity contribution in [3.8, 4) is 5.75 Å². The summed E-state index contributed by atoms with van der Waals surface area (Å²) in [7, 11) is 5.22. The van der Waals surface area contributed by atoms with Crippen LogP contribution < -0.4 is 10.1 Å². The number of nitrogens with one attached hydrogen (secondary N) is 1. The molecule has 1 N–H and O–H groups in total. The number of amides is 1. The van der Waals surface area contributed by atoms with Crippen molar-refractivity contribution in [3.63, 3.8) is 0 Å². The lowest BCUT2D eigenvalue weighted by Gasteiger charge is -2.29. The van der Waals surface area contributed by atoms with E-state index in [-0.39, 0.29) is 5.91 Å². The van der Waals surface area contributed by atoms with Gasteiger partial charge in [-0.05, 0) is 27.0 Å². The fourth-order valence-corrected chi connectivity index (χ4v) is 1.74. The van der Waals surface area contributed by atoms with Gasteiger partial charge < -0.3 is 15.0 Å². The van der Waals surface area contributed by atoms with Gasteiger partial charge in [0.15, 0.2) is 0 Å². The lowest BCUT2D eigenvalue weighted by molar-refractivity contribution is -0.136. The lowest BCUT2D eigenvalue weighted by atomic mass is 10.0. The highest BCUT2D eigenvalue weighted by Gasteiger charge is 2.28. The molecule has 0 aliphatic carbocycles. The van der Waals surface area contributed by atoms with E-state index < -0.39 is 5.54 Å². The minimum atomic E-state index is -0.559. The third-order valence-electron chi connectivity index (χ3n) is 3.11. The van der Waals surface area contributed by atoms with E-state index in [0.717, 1.165) is 11.3 Å². The van der Waals surface area contributed by atoms with Gasteiger partial charge in [-0.2, -0.15) is 0 Å². The van der Waals surface area contributed by atoms with Crippen molar-refractivity contribution in [1.82, 2.24) is 10.2 Å². The Labute approximate surface area is 109 Å². The highest BCUT2D eigenvalue weighted by molar-refractivity contribution is 5.85. The minimum absolute atomic E-state index is 0.0518. The average molecular weight is 250 g/mol. The van der Waals surface area contributed by atoms with E-state index >= 15 is 0 Å². The van der Waals surface area contributed by atoms with E-state index in [9.17, 15) is 4.79 Å². The molecule has 0 radical (unpaired) electrons. The number of benzene rings is 1. The van der Waals surface area contributed by atoms with E-state index in [1.54, 1.807) is 26.1 Å². The molecule has 0 fully saturated rings. The fraction of sp³-hybridized carbons (Fsp3) is 0.500. The molecular weight excluding hydrogens is 228 g/mol. The van der Waals surface area contributed by atoms with Crippen LogP contribution in [0.3, 0.4) is 0 Å². The molecule has 1 amide bonds. The van der Waals surface area contributed by atoms with E-state index in [1.165, 1.54) is 0 Å². The van der Waals surface area contributed by atoms with Gasteiger partial charge in [0.05, 0.1) is 12.6 Å². The number of carbonyl (C=O) groups excluding carboxylic acids is 1. The zero-order valence-corrected chi connectivity index (χ0v) is 11.8. The summed E-state index contributed by atoms with van der Waals surface area (Å²) in [5.74, 6) is 0.857. The number of methoxy groups -OCH3 is 1. The molecule has 18 heavy (non-hydrogen) atoms. The number of hydrogen-bond donors (Lipinski definition) is 1. The van der Waals surface area contributed by atoms with Crippen LogP contribution in [0.25, 0.3) is 0 Å². The summed E-state index contributed by atoms with van der Waals surface area (Å²) in [6.45, 7) is 4.27. The summed E-state index contributed by atoms with van der Waals surface area (Å²) in [5.41, 5.74) is 0.444. The molecule has 0 unspecified atom stereocenters. The first-order valence-electron chi connectivity index (χ1n) is 5.98. The first-order chi connectivity index (χ1) is 8.42. The number of carbonyl (C=O) groups is 1. The van der Waals surface area contributed by atoms with Crippen molar-refractivity contribution < 1.29 is 9.53 Å². The molecule has 0 bridgehead atoms. The summed E-state index contributed by atoms with van der Waals surface area (Å²) in [5, 5.41) is 3.01. The second-order valence-electron chi connectivity index (χ2n) is 4.85. The summed E-state index contributed by atoms with van der Waals surface area (Å²) in [4.78, 5) is 13.9. The van der Waals surface area contributed by atoms with E-state index in [4.69, 9.17) is 4.74 Å². The van der Waals surface area contributed by atoms with Crippen molar-refractivity contribution in [1.29, 1.82) is 0 Å². The largest absolute Gasteiger partial charge is 0.496 e. The van der Waals surface area contributed by atoms with Gasteiger partial charge in [0.2, 0.25) is 5.91 Å². The summed E-state index contributed by atoms with van der Waals surface area (Å²) in [6, 6.07) is 7.73. The predicted molar refractivity (Wildman–Crippen MR) is 72.6 cm³/mol. The third kappa shape index (κ3) is 3.23. The maximum absolute atomic E-state index is 12.2. The molecule has 100 valence electrons. The number of likely N-dealkylation sites (N-methyl/N-ethyl adjacent to an activating group) is 2. The van der Waals surface area contributed by atoms with Crippen LogP contribution in [0.5, 0.6) is 5.75 Å². The molecule has 0 spiro atoms. The van der Waals surface area contributed by atoms with Crippen molar-refractivity contribution in [2.24, 2.45) is 0 Å². The van der Waals surface area contributed by atoms with Gasteiger partial charge in [0.1, 0.15) is 5.75 Å². The Morgan fingerprint density at radius 3 is 2.56 bits per heavy atom. The Bertz CT molecular complexity index is 416. The minimum Gasteiger partial charge on any atom is -0.496 e. The monoisotopic (exact) mass is 250 g/mol. The van der Waals surface area contributed by atoms with Gasteiger partial charge in [-0.15, -0.1) is 0 Å². The quantitative estimate of drug-likeness (QED) is 0.864. The Hall–Kier alpha value is -1.55. The molecule has 1 rings (SSSR count). The first-order valence-corrected chi connectivity index (χ1v) is 5.98. The Balaban J connectivity index is 2.82. The second-order valence-corrected chi connectivity index (χ2v) is 4.85. The van der Waals surface area contributed by atoms with E-state index in [1.807, 2.05) is 38.1 Å². The Morgan fingerprint density at radius 2 is 2.00 bits per heavy atom. The number of ether oxygens (including phenoxy) is 1. The van der Waals surface area contributed by atoms with Crippen LogP contribution in [0.2, 0.25) is 0 Å². The molecule has 1 aromatic carbocycles. The van der Waals surface area contributed by atoms with Crippen LogP contribution in [0, 0.1) is 0 Å². The highest BCUT2D eigenvalue weighted by Crippen LogP contribution is 2.19. The molecule has 0 atom stereocenters. The molecule has 4 nitrogen and oxygen atoms in total. The molecule has 0 aliphatic heterocycles. The van der Waals surface area contributed by atoms with Crippen LogP contribution in [0.4, 0.5) is 0 Å². The number of para-hydroxylation sites is 1. The number of hydrogen-bond acceptors (Lipinski definition) is 3. The normalized spacial score (nSPS) is 11.2. The molecule has 4 heteroatoms.